The lowest BCUT2D eigenvalue weighted by molar-refractivity contribution is 1.40. The van der Waals surface area contributed by atoms with Gasteiger partial charge in [-0.2, -0.15) is 0 Å². The predicted octanol–water partition coefficient (Wildman–Crippen LogP) is 12.9. The zero-order valence-corrected chi connectivity index (χ0v) is 25.2. The van der Waals surface area contributed by atoms with Crippen LogP contribution in [0.2, 0.25) is 0 Å². The van der Waals surface area contributed by atoms with Crippen molar-refractivity contribution in [3.05, 3.63) is 158 Å². The Bertz CT molecular complexity index is 2670. The maximum Gasteiger partial charge on any atom is 0.0207 e. The molecule has 0 bridgehead atoms. The van der Waals surface area contributed by atoms with E-state index >= 15 is 0 Å². The Balaban J connectivity index is 1.35. The minimum absolute atomic E-state index is 1.26. The summed E-state index contributed by atoms with van der Waals surface area (Å²) in [4.78, 5) is 2.66. The van der Waals surface area contributed by atoms with Gasteiger partial charge in [-0.1, -0.05) is 151 Å². The van der Waals surface area contributed by atoms with Crippen LogP contribution in [0.4, 0.5) is 0 Å². The maximum atomic E-state index is 2.45. The standard InChI is InChI=1S/C44H26S/c1-3-13-29-27(10-1)12-7-17-34(29)43-37-20-8-16-31(40(37)26-39-30-14-4-2-11-28(30)22-23-38(39)43)32-24-25-42-44-35(32)18-9-19-36(44)33-15-5-6-21-41(33)45-42/h1-26H. The average molecular weight is 587 g/mol. The van der Waals surface area contributed by atoms with E-state index in [1.165, 1.54) is 97.0 Å². The van der Waals surface area contributed by atoms with E-state index in [1.54, 1.807) is 0 Å². The van der Waals surface area contributed by atoms with Gasteiger partial charge in [0.05, 0.1) is 0 Å². The van der Waals surface area contributed by atoms with Gasteiger partial charge >= 0.3 is 0 Å². The number of hydrogen-bond acceptors (Lipinski definition) is 1. The van der Waals surface area contributed by atoms with Crippen molar-refractivity contribution in [3.8, 4) is 33.4 Å². The molecule has 0 atom stereocenters. The molecule has 1 heteroatoms. The zero-order chi connectivity index (χ0) is 29.5. The molecule has 0 fully saturated rings. The van der Waals surface area contributed by atoms with Gasteiger partial charge in [-0.3, -0.25) is 0 Å². The molecule has 9 aromatic carbocycles. The summed E-state index contributed by atoms with van der Waals surface area (Å²) in [6.45, 7) is 0. The number of fused-ring (bicyclic) bond motifs is 7. The first-order valence-electron chi connectivity index (χ1n) is 15.5. The van der Waals surface area contributed by atoms with Crippen LogP contribution in [0.3, 0.4) is 0 Å². The third-order valence-electron chi connectivity index (χ3n) is 9.65. The molecule has 0 aliphatic carbocycles. The Morgan fingerprint density at radius 2 is 0.889 bits per heavy atom. The van der Waals surface area contributed by atoms with Crippen molar-refractivity contribution in [1.82, 2.24) is 0 Å². The third-order valence-corrected chi connectivity index (χ3v) is 10.8. The fraction of sp³-hybridized carbons (Fsp3) is 0. The molecule has 9 aromatic rings. The van der Waals surface area contributed by atoms with Gasteiger partial charge in [0.1, 0.15) is 0 Å². The molecule has 0 nitrogen and oxygen atoms in total. The summed E-state index contributed by atoms with van der Waals surface area (Å²) in [6.07, 6.45) is 0. The number of hydrogen-bond donors (Lipinski definition) is 0. The van der Waals surface area contributed by atoms with Crippen LogP contribution in [0.1, 0.15) is 0 Å². The molecular formula is C44H26S. The fourth-order valence-electron chi connectivity index (χ4n) is 7.68. The van der Waals surface area contributed by atoms with Crippen LogP contribution in [-0.2, 0) is 0 Å². The molecule has 208 valence electrons. The minimum atomic E-state index is 1.26. The molecule has 10 rings (SSSR count). The van der Waals surface area contributed by atoms with E-state index in [4.69, 9.17) is 0 Å². The van der Waals surface area contributed by atoms with Gasteiger partial charge < -0.3 is 0 Å². The topological polar surface area (TPSA) is 0 Å². The van der Waals surface area contributed by atoms with Gasteiger partial charge in [0.15, 0.2) is 0 Å². The summed E-state index contributed by atoms with van der Waals surface area (Å²) < 4.78 is 0. The van der Waals surface area contributed by atoms with Crippen LogP contribution < -0.4 is 0 Å². The Morgan fingerprint density at radius 3 is 1.80 bits per heavy atom. The van der Waals surface area contributed by atoms with Gasteiger partial charge in [0, 0.05) is 15.2 Å². The molecule has 0 saturated heterocycles. The summed E-state index contributed by atoms with van der Waals surface area (Å²) in [5, 5.41) is 12.9. The fourth-order valence-corrected chi connectivity index (χ4v) is 8.81. The molecule has 0 amide bonds. The van der Waals surface area contributed by atoms with Gasteiger partial charge in [-0.15, -0.1) is 0 Å². The predicted molar refractivity (Wildman–Crippen MR) is 194 cm³/mol. The van der Waals surface area contributed by atoms with E-state index < -0.39 is 0 Å². The van der Waals surface area contributed by atoms with E-state index in [9.17, 15) is 0 Å². The van der Waals surface area contributed by atoms with Gasteiger partial charge in [0.2, 0.25) is 0 Å². The van der Waals surface area contributed by atoms with E-state index in [1.807, 2.05) is 11.8 Å². The van der Waals surface area contributed by atoms with Crippen molar-refractivity contribution < 1.29 is 0 Å². The molecule has 0 spiro atoms. The van der Waals surface area contributed by atoms with Crippen LogP contribution in [0.5, 0.6) is 0 Å². The molecule has 0 radical (unpaired) electrons. The lowest BCUT2D eigenvalue weighted by Gasteiger charge is -2.22. The summed E-state index contributed by atoms with van der Waals surface area (Å²) in [5.74, 6) is 0. The molecule has 1 heterocycles. The molecular weight excluding hydrogens is 561 g/mol. The third kappa shape index (κ3) is 3.62. The average Bonchev–Trinajstić information content (AvgIpc) is 3.10. The molecule has 45 heavy (non-hydrogen) atoms. The first-order valence-corrected chi connectivity index (χ1v) is 16.3. The molecule has 0 aromatic heterocycles. The van der Waals surface area contributed by atoms with Crippen molar-refractivity contribution in [2.45, 2.75) is 9.79 Å². The van der Waals surface area contributed by atoms with Crippen molar-refractivity contribution >= 4 is 65.6 Å². The molecule has 0 saturated carbocycles. The van der Waals surface area contributed by atoms with Gasteiger partial charge in [0.25, 0.3) is 0 Å². The Labute approximate surface area is 265 Å². The Hall–Kier alpha value is -5.37. The van der Waals surface area contributed by atoms with Crippen LogP contribution in [0.15, 0.2) is 168 Å². The summed E-state index contributed by atoms with van der Waals surface area (Å²) in [7, 11) is 0. The monoisotopic (exact) mass is 586 g/mol. The lowest BCUT2D eigenvalue weighted by atomic mass is 9.84. The second-order valence-electron chi connectivity index (χ2n) is 12.0. The highest BCUT2D eigenvalue weighted by molar-refractivity contribution is 7.99. The summed E-state index contributed by atoms with van der Waals surface area (Å²) >= 11 is 1.89. The van der Waals surface area contributed by atoms with Crippen molar-refractivity contribution in [1.29, 1.82) is 0 Å². The SMILES string of the molecule is c1ccc2c(c1)Sc1ccc(-c3cccc4c(-c5cccc6ccccc56)c5ccc6ccccc6c5cc34)c3cccc-2c13. The quantitative estimate of drug-likeness (QED) is 0.143. The molecule has 0 unspecified atom stereocenters. The number of rotatable bonds is 2. The van der Waals surface area contributed by atoms with Crippen molar-refractivity contribution in [3.63, 3.8) is 0 Å². The maximum absolute atomic E-state index is 2.45. The highest BCUT2D eigenvalue weighted by Crippen LogP contribution is 2.51. The van der Waals surface area contributed by atoms with E-state index in [0.29, 0.717) is 0 Å². The largest absolute Gasteiger partial charge is 0.0888 e. The van der Waals surface area contributed by atoms with Crippen LogP contribution in [0.25, 0.3) is 87.2 Å². The van der Waals surface area contributed by atoms with Crippen LogP contribution in [-0.4, -0.2) is 0 Å². The van der Waals surface area contributed by atoms with Crippen molar-refractivity contribution in [2.75, 3.05) is 0 Å². The first kappa shape index (κ1) is 25.0. The minimum Gasteiger partial charge on any atom is -0.0888 e. The lowest BCUT2D eigenvalue weighted by Crippen LogP contribution is -1.95. The van der Waals surface area contributed by atoms with Crippen LogP contribution in [0, 0.1) is 0 Å². The normalized spacial score (nSPS) is 12.4. The molecule has 0 N–H and O–H groups in total. The Kier molecular flexibility index (Phi) is 5.31. The highest BCUT2D eigenvalue weighted by atomic mass is 32.2. The van der Waals surface area contributed by atoms with Crippen molar-refractivity contribution in [2.24, 2.45) is 0 Å². The molecule has 1 aliphatic heterocycles. The number of benzene rings is 9. The summed E-state index contributed by atoms with van der Waals surface area (Å²) in [5.41, 5.74) is 7.79. The van der Waals surface area contributed by atoms with Gasteiger partial charge in [-0.25, -0.2) is 0 Å². The smallest absolute Gasteiger partial charge is 0.0207 e. The second kappa shape index (κ2) is 9.56. The van der Waals surface area contributed by atoms with Gasteiger partial charge in [-0.05, 0) is 100 Å². The van der Waals surface area contributed by atoms with Crippen LogP contribution >= 0.6 is 11.8 Å². The zero-order valence-electron chi connectivity index (χ0n) is 24.4. The Morgan fingerprint density at radius 1 is 0.289 bits per heavy atom. The van der Waals surface area contributed by atoms with E-state index in [2.05, 4.69) is 158 Å². The highest BCUT2D eigenvalue weighted by Gasteiger charge is 2.22. The van der Waals surface area contributed by atoms with E-state index in [0.717, 1.165) is 0 Å². The second-order valence-corrected chi connectivity index (χ2v) is 13.1. The first-order chi connectivity index (χ1) is 22.3. The van der Waals surface area contributed by atoms with E-state index in [-0.39, 0.29) is 0 Å². The summed E-state index contributed by atoms with van der Waals surface area (Å²) in [6, 6.07) is 58.6. The molecule has 1 aliphatic rings.